The second-order valence-corrected chi connectivity index (χ2v) is 8.66. The highest BCUT2D eigenvalue weighted by Gasteiger charge is 2.38. The number of alkyl halides is 3. The molecule has 0 bridgehead atoms. The van der Waals surface area contributed by atoms with Gasteiger partial charge in [0.1, 0.15) is 0 Å². The summed E-state index contributed by atoms with van der Waals surface area (Å²) in [4.78, 5) is 21.2. The summed E-state index contributed by atoms with van der Waals surface area (Å²) in [6.45, 7) is 2.93. The van der Waals surface area contributed by atoms with Gasteiger partial charge in [0.25, 0.3) is 0 Å². The highest BCUT2D eigenvalue weighted by molar-refractivity contribution is 5.79. The quantitative estimate of drug-likeness (QED) is 0.831. The van der Waals surface area contributed by atoms with Gasteiger partial charge in [-0.1, -0.05) is 0 Å². The maximum Gasteiger partial charge on any atom is 0.417 e. The molecule has 1 saturated carbocycles. The molecule has 160 valence electrons. The molecule has 1 aromatic rings. The fraction of sp³-hybridized carbons (Fsp3) is 0.714. The smallest absolute Gasteiger partial charge is 0.396 e. The maximum absolute atomic E-state index is 13.1. The first kappa shape index (κ1) is 20.6. The van der Waals surface area contributed by atoms with E-state index in [1.54, 1.807) is 4.90 Å². The SMILES string of the molecule is O=C(C1CCC(N2CCC(CO)CC2)C1)N1CCc2ncc(C(F)(F)F)cc2C1. The second kappa shape index (κ2) is 8.22. The van der Waals surface area contributed by atoms with Crippen LogP contribution in [-0.2, 0) is 23.9 Å². The zero-order valence-corrected chi connectivity index (χ0v) is 16.5. The van der Waals surface area contributed by atoms with Gasteiger partial charge in [-0.2, -0.15) is 13.2 Å². The van der Waals surface area contributed by atoms with Gasteiger partial charge in [-0.05, 0) is 62.7 Å². The third kappa shape index (κ3) is 4.43. The van der Waals surface area contributed by atoms with E-state index in [0.29, 0.717) is 36.2 Å². The number of hydrogen-bond acceptors (Lipinski definition) is 4. The minimum Gasteiger partial charge on any atom is -0.396 e. The average Bonchev–Trinajstić information content (AvgIpc) is 3.22. The molecule has 1 N–H and O–H groups in total. The number of carbonyl (C=O) groups is 1. The number of piperidine rings is 1. The number of halogens is 3. The van der Waals surface area contributed by atoms with Gasteiger partial charge in [-0.3, -0.25) is 9.78 Å². The standard InChI is InChI=1S/C21H28F3N3O2/c22-21(23,24)17-9-16-12-27(8-5-19(16)25-11-17)20(29)15-1-2-18(10-15)26-6-3-14(13-28)4-7-26/h9,11,14-15,18,28H,1-8,10,12-13H2. The van der Waals surface area contributed by atoms with Crippen molar-refractivity contribution in [1.82, 2.24) is 14.8 Å². The molecule has 2 atom stereocenters. The lowest BCUT2D eigenvalue weighted by molar-refractivity contribution is -0.137. The lowest BCUT2D eigenvalue weighted by Gasteiger charge is -2.36. The molecule has 3 heterocycles. The zero-order chi connectivity index (χ0) is 20.6. The molecule has 4 rings (SSSR count). The Morgan fingerprint density at radius 2 is 1.93 bits per heavy atom. The highest BCUT2D eigenvalue weighted by Crippen LogP contribution is 2.35. The number of nitrogens with zero attached hydrogens (tertiary/aromatic N) is 3. The van der Waals surface area contributed by atoms with Crippen molar-refractivity contribution < 1.29 is 23.1 Å². The van der Waals surface area contributed by atoms with Crippen molar-refractivity contribution in [1.29, 1.82) is 0 Å². The molecule has 2 unspecified atom stereocenters. The van der Waals surface area contributed by atoms with E-state index >= 15 is 0 Å². The van der Waals surface area contributed by atoms with E-state index in [9.17, 15) is 23.1 Å². The van der Waals surface area contributed by atoms with Crippen LogP contribution >= 0.6 is 0 Å². The summed E-state index contributed by atoms with van der Waals surface area (Å²) in [5.41, 5.74) is 0.427. The maximum atomic E-state index is 13.1. The molecule has 2 aliphatic heterocycles. The molecule has 1 aromatic heterocycles. The molecule has 8 heteroatoms. The summed E-state index contributed by atoms with van der Waals surface area (Å²) >= 11 is 0. The minimum absolute atomic E-state index is 0.0455. The highest BCUT2D eigenvalue weighted by atomic mass is 19.4. The molecule has 2 fully saturated rings. The number of aliphatic hydroxyl groups excluding tert-OH is 1. The number of hydrogen-bond donors (Lipinski definition) is 1. The van der Waals surface area contributed by atoms with Crippen LogP contribution in [0.2, 0.25) is 0 Å². The number of amides is 1. The van der Waals surface area contributed by atoms with Crippen LogP contribution in [0.3, 0.4) is 0 Å². The zero-order valence-electron chi connectivity index (χ0n) is 16.5. The number of fused-ring (bicyclic) bond motifs is 1. The van der Waals surface area contributed by atoms with E-state index in [0.717, 1.165) is 57.5 Å². The van der Waals surface area contributed by atoms with E-state index in [2.05, 4.69) is 9.88 Å². The van der Waals surface area contributed by atoms with Crippen LogP contribution < -0.4 is 0 Å². The van der Waals surface area contributed by atoms with Crippen LogP contribution in [0.25, 0.3) is 0 Å². The molecule has 0 aromatic carbocycles. The van der Waals surface area contributed by atoms with E-state index in [1.807, 2.05) is 0 Å². The molecule has 1 saturated heterocycles. The largest absolute Gasteiger partial charge is 0.417 e. The average molecular weight is 411 g/mol. The van der Waals surface area contributed by atoms with Crippen molar-refractivity contribution in [2.24, 2.45) is 11.8 Å². The van der Waals surface area contributed by atoms with Gasteiger partial charge >= 0.3 is 6.18 Å². The Morgan fingerprint density at radius 3 is 2.62 bits per heavy atom. The van der Waals surface area contributed by atoms with Crippen molar-refractivity contribution >= 4 is 5.91 Å². The normalized spacial score (nSPS) is 26.6. The van der Waals surface area contributed by atoms with Crippen LogP contribution in [0.5, 0.6) is 0 Å². The van der Waals surface area contributed by atoms with Gasteiger partial charge in [-0.15, -0.1) is 0 Å². The molecular formula is C21H28F3N3O2. The Bertz CT molecular complexity index is 747. The lowest BCUT2D eigenvalue weighted by atomic mass is 9.96. The minimum atomic E-state index is -4.42. The van der Waals surface area contributed by atoms with Gasteiger partial charge < -0.3 is 14.9 Å². The Hall–Kier alpha value is -1.67. The van der Waals surface area contributed by atoms with Crippen molar-refractivity contribution in [3.63, 3.8) is 0 Å². The molecular weight excluding hydrogens is 383 g/mol. The number of likely N-dealkylation sites (tertiary alicyclic amines) is 1. The molecule has 5 nitrogen and oxygen atoms in total. The summed E-state index contributed by atoms with van der Waals surface area (Å²) in [6, 6.07) is 1.55. The monoisotopic (exact) mass is 411 g/mol. The van der Waals surface area contributed by atoms with Crippen LogP contribution in [0.15, 0.2) is 12.3 Å². The molecule has 0 radical (unpaired) electrons. The van der Waals surface area contributed by atoms with E-state index in [1.165, 1.54) is 0 Å². The number of rotatable bonds is 3. The van der Waals surface area contributed by atoms with Gasteiger partial charge in [-0.25, -0.2) is 0 Å². The van der Waals surface area contributed by atoms with Crippen LogP contribution in [0, 0.1) is 11.8 Å². The Balaban J connectivity index is 1.36. The van der Waals surface area contributed by atoms with Crippen molar-refractivity contribution in [2.45, 2.75) is 57.3 Å². The molecule has 0 spiro atoms. The number of pyridine rings is 1. The summed E-state index contributed by atoms with van der Waals surface area (Å²) in [7, 11) is 0. The fourth-order valence-corrected chi connectivity index (χ4v) is 5.04. The van der Waals surface area contributed by atoms with Crippen LogP contribution in [-0.4, -0.2) is 58.1 Å². The third-order valence-electron chi connectivity index (χ3n) is 6.86. The Morgan fingerprint density at radius 1 is 1.17 bits per heavy atom. The van der Waals surface area contributed by atoms with E-state index in [4.69, 9.17) is 0 Å². The van der Waals surface area contributed by atoms with Gasteiger partial charge in [0.05, 0.1) is 5.56 Å². The Kier molecular flexibility index (Phi) is 5.84. The van der Waals surface area contributed by atoms with Gasteiger partial charge in [0.2, 0.25) is 5.91 Å². The summed E-state index contributed by atoms with van der Waals surface area (Å²) in [5.74, 6) is 0.422. The van der Waals surface area contributed by atoms with E-state index < -0.39 is 11.7 Å². The van der Waals surface area contributed by atoms with Gasteiger partial charge in [0.15, 0.2) is 0 Å². The van der Waals surface area contributed by atoms with E-state index in [-0.39, 0.29) is 25.0 Å². The fourth-order valence-electron chi connectivity index (χ4n) is 5.04. The number of carbonyl (C=O) groups excluding carboxylic acids is 1. The van der Waals surface area contributed by atoms with Crippen LogP contribution in [0.4, 0.5) is 13.2 Å². The number of aliphatic hydroxyl groups is 1. The molecule has 3 aliphatic rings. The molecule has 1 aliphatic carbocycles. The number of aromatic nitrogens is 1. The lowest BCUT2D eigenvalue weighted by Crippen LogP contribution is -2.42. The molecule has 29 heavy (non-hydrogen) atoms. The summed E-state index contributed by atoms with van der Waals surface area (Å²) in [6.07, 6.45) is 1.63. The second-order valence-electron chi connectivity index (χ2n) is 8.66. The molecule has 1 amide bonds. The predicted molar refractivity (Wildman–Crippen MR) is 101 cm³/mol. The van der Waals surface area contributed by atoms with Gasteiger partial charge in [0, 0.05) is 50.0 Å². The first-order valence-electron chi connectivity index (χ1n) is 10.5. The van der Waals surface area contributed by atoms with Crippen molar-refractivity contribution in [3.8, 4) is 0 Å². The third-order valence-corrected chi connectivity index (χ3v) is 6.86. The summed E-state index contributed by atoms with van der Waals surface area (Å²) in [5, 5.41) is 9.30. The first-order chi connectivity index (χ1) is 13.8. The topological polar surface area (TPSA) is 56.7 Å². The summed E-state index contributed by atoms with van der Waals surface area (Å²) < 4.78 is 39.0. The van der Waals surface area contributed by atoms with Crippen molar-refractivity contribution in [3.05, 3.63) is 29.1 Å². The van der Waals surface area contributed by atoms with Crippen LogP contribution in [0.1, 0.15) is 48.9 Å². The first-order valence-corrected chi connectivity index (χ1v) is 10.5. The predicted octanol–water partition coefficient (Wildman–Crippen LogP) is 2.86. The Labute approximate surface area is 168 Å². The van der Waals surface area contributed by atoms with Crippen molar-refractivity contribution in [2.75, 3.05) is 26.2 Å².